The van der Waals surface area contributed by atoms with E-state index in [1.54, 1.807) is 0 Å². The number of halogens is 2. The molecule has 2 saturated carbocycles. The third-order valence-corrected chi connectivity index (χ3v) is 8.75. The van der Waals surface area contributed by atoms with Crippen LogP contribution < -0.4 is 4.72 Å². The molecule has 3 rings (SSSR count). The maximum absolute atomic E-state index is 12.7. The first-order valence-electron chi connectivity index (χ1n) is 7.41. The molecule has 2 aliphatic carbocycles. The average Bonchev–Trinajstić information content (AvgIpc) is 2.74. The highest BCUT2D eigenvalue weighted by atomic mass is 79.9. The summed E-state index contributed by atoms with van der Waals surface area (Å²) < 4.78 is 28.7. The Balaban J connectivity index is 1.88. The molecule has 4 nitrogen and oxygen atoms in total. The van der Waals surface area contributed by atoms with Crippen molar-refractivity contribution in [2.45, 2.75) is 51.0 Å². The third-order valence-electron chi connectivity index (χ3n) is 6.17. The van der Waals surface area contributed by atoms with Crippen LogP contribution in [0.4, 0.5) is 0 Å². The van der Waals surface area contributed by atoms with E-state index in [4.69, 9.17) is 11.6 Å². The molecule has 0 amide bonds. The summed E-state index contributed by atoms with van der Waals surface area (Å²) in [5.41, 5.74) is 0.167. The second kappa shape index (κ2) is 5.16. The van der Waals surface area contributed by atoms with Gasteiger partial charge in [-0.05, 0) is 58.0 Å². The zero-order chi connectivity index (χ0) is 16.3. The van der Waals surface area contributed by atoms with Crippen molar-refractivity contribution in [1.29, 1.82) is 0 Å². The Kier molecular flexibility index (Phi) is 3.91. The molecule has 0 aromatic carbocycles. The normalized spacial score (nSPS) is 33.3. The van der Waals surface area contributed by atoms with Crippen LogP contribution in [0.15, 0.2) is 21.6 Å². The first-order chi connectivity index (χ1) is 10.1. The molecule has 122 valence electrons. The van der Waals surface area contributed by atoms with Crippen molar-refractivity contribution in [1.82, 2.24) is 9.71 Å². The zero-order valence-corrected chi connectivity index (χ0v) is 16.0. The molecule has 2 bridgehead atoms. The van der Waals surface area contributed by atoms with Crippen molar-refractivity contribution in [3.8, 4) is 0 Å². The summed E-state index contributed by atoms with van der Waals surface area (Å²) in [7, 11) is -3.59. The van der Waals surface area contributed by atoms with Crippen LogP contribution in [0.1, 0.15) is 40.0 Å². The van der Waals surface area contributed by atoms with Crippen molar-refractivity contribution in [2.75, 3.05) is 0 Å². The van der Waals surface area contributed by atoms with E-state index in [2.05, 4.69) is 46.4 Å². The molecule has 22 heavy (non-hydrogen) atoms. The Morgan fingerprint density at radius 2 is 2.09 bits per heavy atom. The Morgan fingerprint density at radius 3 is 2.59 bits per heavy atom. The van der Waals surface area contributed by atoms with Crippen LogP contribution in [0.25, 0.3) is 0 Å². The molecule has 1 N–H and O–H groups in total. The highest BCUT2D eigenvalue weighted by molar-refractivity contribution is 9.10. The van der Waals surface area contributed by atoms with Crippen LogP contribution in [0.2, 0.25) is 5.15 Å². The molecule has 0 radical (unpaired) electrons. The lowest BCUT2D eigenvalue weighted by Gasteiger charge is -2.39. The first kappa shape index (κ1) is 16.7. The van der Waals surface area contributed by atoms with Gasteiger partial charge in [0, 0.05) is 12.2 Å². The second-order valence-corrected chi connectivity index (χ2v) is 10.2. The lowest BCUT2D eigenvalue weighted by Crippen LogP contribution is -2.46. The highest BCUT2D eigenvalue weighted by Crippen LogP contribution is 2.65. The number of sulfonamides is 1. The van der Waals surface area contributed by atoms with Crippen LogP contribution in [-0.2, 0) is 10.0 Å². The Bertz CT molecular complexity index is 722. The summed E-state index contributed by atoms with van der Waals surface area (Å²) in [4.78, 5) is 4.06. The lowest BCUT2D eigenvalue weighted by atomic mass is 9.69. The van der Waals surface area contributed by atoms with Crippen LogP contribution >= 0.6 is 27.5 Å². The second-order valence-electron chi connectivity index (χ2n) is 7.23. The van der Waals surface area contributed by atoms with E-state index in [0.29, 0.717) is 10.4 Å². The van der Waals surface area contributed by atoms with Crippen LogP contribution in [0.5, 0.6) is 0 Å². The quantitative estimate of drug-likeness (QED) is 0.771. The van der Waals surface area contributed by atoms with Gasteiger partial charge in [0.15, 0.2) is 0 Å². The smallest absolute Gasteiger partial charge is 0.242 e. The van der Waals surface area contributed by atoms with Gasteiger partial charge in [0.1, 0.15) is 10.0 Å². The number of nitrogens with one attached hydrogen (secondary N) is 1. The van der Waals surface area contributed by atoms with Crippen molar-refractivity contribution < 1.29 is 8.42 Å². The summed E-state index contributed by atoms with van der Waals surface area (Å²) >= 11 is 9.06. The molecule has 0 aliphatic heterocycles. The number of pyridine rings is 1. The molecule has 1 aromatic rings. The number of nitrogens with zero attached hydrogens (tertiary/aromatic N) is 1. The fraction of sp³-hybridized carbons (Fsp3) is 0.667. The summed E-state index contributed by atoms with van der Waals surface area (Å²) in [5, 5.41) is 0.256. The third kappa shape index (κ3) is 2.34. The summed E-state index contributed by atoms with van der Waals surface area (Å²) in [6.45, 7) is 6.74. The number of hydrogen-bond donors (Lipinski definition) is 1. The van der Waals surface area contributed by atoms with Crippen molar-refractivity contribution in [3.63, 3.8) is 0 Å². The van der Waals surface area contributed by atoms with Gasteiger partial charge in [-0.25, -0.2) is 18.1 Å². The molecule has 2 fully saturated rings. The van der Waals surface area contributed by atoms with Gasteiger partial charge in [-0.2, -0.15) is 0 Å². The average molecular weight is 408 g/mol. The predicted molar refractivity (Wildman–Crippen MR) is 90.3 cm³/mol. The van der Waals surface area contributed by atoms with Gasteiger partial charge in [-0.15, -0.1) is 0 Å². The first-order valence-corrected chi connectivity index (χ1v) is 10.1. The molecule has 0 spiro atoms. The molecule has 3 atom stereocenters. The van der Waals surface area contributed by atoms with E-state index in [1.165, 1.54) is 18.7 Å². The number of aromatic nitrogens is 1. The van der Waals surface area contributed by atoms with Crippen LogP contribution in [0.3, 0.4) is 0 Å². The number of hydrogen-bond acceptors (Lipinski definition) is 3. The van der Waals surface area contributed by atoms with E-state index < -0.39 is 10.0 Å². The maximum atomic E-state index is 12.7. The van der Waals surface area contributed by atoms with Gasteiger partial charge in [0.25, 0.3) is 0 Å². The van der Waals surface area contributed by atoms with Crippen molar-refractivity contribution in [3.05, 3.63) is 21.9 Å². The number of fused-ring (bicyclic) bond motifs is 2. The van der Waals surface area contributed by atoms with Crippen molar-refractivity contribution in [2.24, 2.45) is 16.7 Å². The fourth-order valence-electron chi connectivity index (χ4n) is 4.19. The molecule has 3 unspecified atom stereocenters. The molecule has 1 aromatic heterocycles. The monoisotopic (exact) mass is 406 g/mol. The predicted octanol–water partition coefficient (Wildman–Crippen LogP) is 3.99. The fourth-order valence-corrected chi connectivity index (χ4v) is 6.12. The molecule has 7 heteroatoms. The van der Waals surface area contributed by atoms with E-state index in [0.717, 1.165) is 12.8 Å². The standard InChI is InChI=1S/C15H20BrClN2O2S/c1-14(2)9-4-5-15(14,3)12(6-9)19-22(20,21)10-7-11(16)13(17)18-8-10/h7-9,12,19H,4-6H2,1-3H3. The van der Waals surface area contributed by atoms with Gasteiger partial charge >= 0.3 is 0 Å². The van der Waals surface area contributed by atoms with E-state index in [9.17, 15) is 8.42 Å². The zero-order valence-electron chi connectivity index (χ0n) is 12.9. The topological polar surface area (TPSA) is 59.1 Å². The van der Waals surface area contributed by atoms with Gasteiger partial charge in [-0.1, -0.05) is 32.4 Å². The largest absolute Gasteiger partial charge is 0.242 e. The molecule has 1 heterocycles. The van der Waals surface area contributed by atoms with Gasteiger partial charge in [0.2, 0.25) is 10.0 Å². The Morgan fingerprint density at radius 1 is 1.41 bits per heavy atom. The minimum Gasteiger partial charge on any atom is -0.242 e. The molecular weight excluding hydrogens is 388 g/mol. The Hall–Kier alpha value is -0.170. The lowest BCUT2D eigenvalue weighted by molar-refractivity contribution is 0.130. The minimum atomic E-state index is -3.59. The Labute approximate surface area is 145 Å². The maximum Gasteiger partial charge on any atom is 0.242 e. The summed E-state index contributed by atoms with van der Waals surface area (Å²) in [5.74, 6) is 0.584. The van der Waals surface area contributed by atoms with E-state index >= 15 is 0 Å². The summed E-state index contributed by atoms with van der Waals surface area (Å²) in [6, 6.07) is 1.47. The SMILES string of the molecule is CC1(C)C2CCC1(C)C(NS(=O)(=O)c1cnc(Cl)c(Br)c1)C2. The molecule has 2 aliphatic rings. The van der Waals surface area contributed by atoms with Crippen LogP contribution in [0, 0.1) is 16.7 Å². The van der Waals surface area contributed by atoms with Gasteiger partial charge < -0.3 is 0 Å². The van der Waals surface area contributed by atoms with Crippen molar-refractivity contribution >= 4 is 37.6 Å². The van der Waals surface area contributed by atoms with Gasteiger partial charge in [-0.3, -0.25) is 0 Å². The molecular formula is C15H20BrClN2O2S. The van der Waals surface area contributed by atoms with Crippen LogP contribution in [-0.4, -0.2) is 19.4 Å². The molecule has 0 saturated heterocycles. The van der Waals surface area contributed by atoms with Gasteiger partial charge in [0.05, 0.1) is 4.47 Å². The highest BCUT2D eigenvalue weighted by Gasteiger charge is 2.61. The number of rotatable bonds is 3. The summed E-state index contributed by atoms with van der Waals surface area (Å²) in [6.07, 6.45) is 4.47. The van der Waals surface area contributed by atoms with E-state index in [1.807, 2.05) is 0 Å². The van der Waals surface area contributed by atoms with E-state index in [-0.39, 0.29) is 26.9 Å². The minimum absolute atomic E-state index is 0.00181.